The molecule has 2 aromatic carbocycles. The number of carbonyl (C=O) groups is 2. The molecule has 8 heteroatoms. The number of rotatable bonds is 9. The number of benzene rings is 2. The summed E-state index contributed by atoms with van der Waals surface area (Å²) in [4.78, 5) is 24.6. The molecule has 1 fully saturated rings. The SMILES string of the molecule is CC.COc1cc(C(=O)NCC(=O)N/N=C(\C)c2csc3ccccc23)ccc1OCC1CC1. The van der Waals surface area contributed by atoms with E-state index in [-0.39, 0.29) is 12.5 Å². The zero-order valence-electron chi connectivity index (χ0n) is 20.0. The molecule has 1 heterocycles. The summed E-state index contributed by atoms with van der Waals surface area (Å²) in [6.07, 6.45) is 2.39. The number of thiophene rings is 1. The van der Waals surface area contributed by atoms with Crippen LogP contribution in [-0.2, 0) is 4.79 Å². The van der Waals surface area contributed by atoms with E-state index in [2.05, 4.69) is 15.8 Å². The molecule has 0 saturated heterocycles. The molecule has 0 spiro atoms. The zero-order valence-corrected chi connectivity index (χ0v) is 20.8. The maximum atomic E-state index is 12.5. The third-order valence-electron chi connectivity index (χ3n) is 5.23. The number of hydrogen-bond donors (Lipinski definition) is 2. The Labute approximate surface area is 204 Å². The van der Waals surface area contributed by atoms with Gasteiger partial charge in [-0.2, -0.15) is 5.10 Å². The molecule has 180 valence electrons. The first-order valence-corrected chi connectivity index (χ1v) is 12.3. The van der Waals surface area contributed by atoms with Crippen molar-refractivity contribution < 1.29 is 19.1 Å². The van der Waals surface area contributed by atoms with Gasteiger partial charge in [0.2, 0.25) is 0 Å². The Morgan fingerprint density at radius 3 is 2.62 bits per heavy atom. The predicted molar refractivity (Wildman–Crippen MR) is 137 cm³/mol. The summed E-state index contributed by atoms with van der Waals surface area (Å²) in [7, 11) is 1.53. The van der Waals surface area contributed by atoms with E-state index >= 15 is 0 Å². The van der Waals surface area contributed by atoms with E-state index in [1.807, 2.05) is 50.4 Å². The number of fused-ring (bicyclic) bond motifs is 1. The van der Waals surface area contributed by atoms with Crippen molar-refractivity contribution in [3.63, 3.8) is 0 Å². The Kier molecular flexibility index (Phi) is 9.04. The number of nitrogens with zero attached hydrogens (tertiary/aromatic N) is 1. The van der Waals surface area contributed by atoms with Gasteiger partial charge in [-0.15, -0.1) is 11.3 Å². The van der Waals surface area contributed by atoms with Crippen molar-refractivity contribution in [2.75, 3.05) is 20.3 Å². The van der Waals surface area contributed by atoms with E-state index in [1.54, 1.807) is 29.5 Å². The smallest absolute Gasteiger partial charge is 0.259 e. The minimum absolute atomic E-state index is 0.192. The lowest BCUT2D eigenvalue weighted by atomic mass is 10.1. The molecule has 1 aliphatic carbocycles. The average molecular weight is 482 g/mol. The van der Waals surface area contributed by atoms with Gasteiger partial charge in [0.15, 0.2) is 11.5 Å². The highest BCUT2D eigenvalue weighted by molar-refractivity contribution is 7.17. The summed E-state index contributed by atoms with van der Waals surface area (Å²) in [5.74, 6) is 0.932. The number of ether oxygens (including phenoxy) is 2. The molecule has 0 aliphatic heterocycles. The molecule has 3 aromatic rings. The lowest BCUT2D eigenvalue weighted by Crippen LogP contribution is -2.35. The maximum Gasteiger partial charge on any atom is 0.259 e. The van der Waals surface area contributed by atoms with E-state index in [4.69, 9.17) is 9.47 Å². The Morgan fingerprint density at radius 2 is 1.88 bits per heavy atom. The second kappa shape index (κ2) is 12.2. The lowest BCUT2D eigenvalue weighted by Gasteiger charge is -2.12. The molecule has 7 nitrogen and oxygen atoms in total. The highest BCUT2D eigenvalue weighted by atomic mass is 32.1. The van der Waals surface area contributed by atoms with Gasteiger partial charge in [0.05, 0.1) is 26.0 Å². The predicted octanol–water partition coefficient (Wildman–Crippen LogP) is 5.00. The first-order valence-electron chi connectivity index (χ1n) is 11.4. The largest absolute Gasteiger partial charge is 0.493 e. The molecular formula is C26H31N3O4S. The van der Waals surface area contributed by atoms with Crippen LogP contribution in [0.3, 0.4) is 0 Å². The van der Waals surface area contributed by atoms with Crippen molar-refractivity contribution in [3.8, 4) is 11.5 Å². The summed E-state index contributed by atoms with van der Waals surface area (Å²) in [5, 5.41) is 9.90. The van der Waals surface area contributed by atoms with E-state index in [1.165, 1.54) is 20.0 Å². The molecule has 2 amide bonds. The van der Waals surface area contributed by atoms with Crippen molar-refractivity contribution in [3.05, 3.63) is 59.0 Å². The van der Waals surface area contributed by atoms with E-state index in [0.29, 0.717) is 35.3 Å². The summed E-state index contributed by atoms with van der Waals surface area (Å²) in [6, 6.07) is 13.0. The minimum Gasteiger partial charge on any atom is -0.493 e. The number of hydrogen-bond acceptors (Lipinski definition) is 6. The van der Waals surface area contributed by atoms with Crippen molar-refractivity contribution in [1.82, 2.24) is 10.7 Å². The zero-order chi connectivity index (χ0) is 24.5. The Morgan fingerprint density at radius 1 is 1.12 bits per heavy atom. The molecule has 0 bridgehead atoms. The fraction of sp³-hybridized carbons (Fsp3) is 0.346. The Bertz CT molecular complexity index is 1170. The van der Waals surface area contributed by atoms with Gasteiger partial charge in [-0.1, -0.05) is 32.0 Å². The second-order valence-corrected chi connectivity index (χ2v) is 8.59. The van der Waals surface area contributed by atoms with Crippen LogP contribution in [0, 0.1) is 5.92 Å². The lowest BCUT2D eigenvalue weighted by molar-refractivity contribution is -0.120. The third kappa shape index (κ3) is 6.57. The summed E-state index contributed by atoms with van der Waals surface area (Å²) < 4.78 is 12.3. The molecule has 4 rings (SSSR count). The quantitative estimate of drug-likeness (QED) is 0.333. The summed E-state index contributed by atoms with van der Waals surface area (Å²) in [6.45, 7) is 6.30. The van der Waals surface area contributed by atoms with Gasteiger partial charge in [0.25, 0.3) is 11.8 Å². The van der Waals surface area contributed by atoms with Crippen LogP contribution >= 0.6 is 11.3 Å². The Balaban J connectivity index is 0.00000158. The Hall–Kier alpha value is -3.39. The highest BCUT2D eigenvalue weighted by Gasteiger charge is 2.22. The van der Waals surface area contributed by atoms with Gasteiger partial charge in [-0.25, -0.2) is 5.43 Å². The van der Waals surface area contributed by atoms with Crippen molar-refractivity contribution in [2.24, 2.45) is 11.0 Å². The van der Waals surface area contributed by atoms with E-state index in [9.17, 15) is 9.59 Å². The molecule has 1 aromatic heterocycles. The van der Waals surface area contributed by atoms with Crippen LogP contribution in [0.4, 0.5) is 0 Å². The minimum atomic E-state index is -0.409. The molecule has 1 saturated carbocycles. The number of methoxy groups -OCH3 is 1. The standard InChI is InChI=1S/C24H25N3O4S.C2H6/c1-15(19-14-32-22-6-4-3-5-18(19)22)26-27-23(28)12-25-24(29)17-9-10-20(21(11-17)30-2)31-13-16-7-8-16;1-2/h3-6,9-11,14,16H,7-8,12-13H2,1-2H3,(H,25,29)(H,27,28);1-2H3/b26-15+;. The molecule has 0 radical (unpaired) electrons. The average Bonchev–Trinajstić information content (AvgIpc) is 3.61. The molecular weight excluding hydrogens is 450 g/mol. The second-order valence-electron chi connectivity index (χ2n) is 7.68. The first kappa shape index (κ1) is 25.2. The summed E-state index contributed by atoms with van der Waals surface area (Å²) >= 11 is 1.63. The van der Waals surface area contributed by atoms with Crippen LogP contribution in [0.25, 0.3) is 10.1 Å². The van der Waals surface area contributed by atoms with Crippen LogP contribution in [0.15, 0.2) is 52.9 Å². The van der Waals surface area contributed by atoms with Gasteiger partial charge in [0, 0.05) is 26.6 Å². The summed E-state index contributed by atoms with van der Waals surface area (Å²) in [5.41, 5.74) is 4.57. The number of carbonyl (C=O) groups excluding carboxylic acids is 2. The van der Waals surface area contributed by atoms with E-state index in [0.717, 1.165) is 15.6 Å². The first-order chi connectivity index (χ1) is 16.5. The van der Waals surface area contributed by atoms with Gasteiger partial charge < -0.3 is 14.8 Å². The number of nitrogens with one attached hydrogen (secondary N) is 2. The molecule has 1 aliphatic rings. The van der Waals surface area contributed by atoms with Crippen LogP contribution in [0.2, 0.25) is 0 Å². The van der Waals surface area contributed by atoms with Crippen LogP contribution in [-0.4, -0.2) is 37.8 Å². The topological polar surface area (TPSA) is 89.0 Å². The number of amides is 2. The van der Waals surface area contributed by atoms with Crippen LogP contribution < -0.4 is 20.2 Å². The fourth-order valence-electron chi connectivity index (χ4n) is 3.19. The maximum absolute atomic E-state index is 12.5. The van der Waals surface area contributed by atoms with Gasteiger partial charge in [-0.05, 0) is 49.9 Å². The molecule has 2 N–H and O–H groups in total. The van der Waals surface area contributed by atoms with E-state index < -0.39 is 5.91 Å². The van der Waals surface area contributed by atoms with Gasteiger partial charge >= 0.3 is 0 Å². The molecule has 0 unspecified atom stereocenters. The fourth-order valence-corrected chi connectivity index (χ4v) is 4.19. The van der Waals surface area contributed by atoms with Crippen LogP contribution in [0.1, 0.15) is 49.5 Å². The van der Waals surface area contributed by atoms with Crippen molar-refractivity contribution in [2.45, 2.75) is 33.6 Å². The molecule has 0 atom stereocenters. The molecule has 34 heavy (non-hydrogen) atoms. The van der Waals surface area contributed by atoms with Crippen molar-refractivity contribution >= 4 is 38.9 Å². The van der Waals surface area contributed by atoms with Crippen molar-refractivity contribution in [1.29, 1.82) is 0 Å². The van der Waals surface area contributed by atoms with Gasteiger partial charge in [-0.3, -0.25) is 9.59 Å². The van der Waals surface area contributed by atoms with Crippen LogP contribution in [0.5, 0.6) is 11.5 Å². The number of hydrazone groups is 1. The normalized spacial score (nSPS) is 13.0. The monoisotopic (exact) mass is 481 g/mol. The van der Waals surface area contributed by atoms with Gasteiger partial charge in [0.1, 0.15) is 0 Å². The highest BCUT2D eigenvalue weighted by Crippen LogP contribution is 2.33. The third-order valence-corrected chi connectivity index (χ3v) is 6.19.